The summed E-state index contributed by atoms with van der Waals surface area (Å²) in [4.78, 5) is 14.8. The van der Waals surface area contributed by atoms with Crippen molar-refractivity contribution in [3.05, 3.63) is 44.8 Å². The van der Waals surface area contributed by atoms with Crippen LogP contribution < -0.4 is 15.0 Å². The van der Waals surface area contributed by atoms with Gasteiger partial charge in [0.1, 0.15) is 23.4 Å². The highest BCUT2D eigenvalue weighted by Gasteiger charge is 2.25. The van der Waals surface area contributed by atoms with Crippen LogP contribution in [0.2, 0.25) is 5.02 Å². The van der Waals surface area contributed by atoms with Gasteiger partial charge in [-0.05, 0) is 48.9 Å². The number of ether oxygens (including phenoxy) is 1. The molecular formula is C21H25ClN3O2S+. The van der Waals surface area contributed by atoms with Crippen molar-refractivity contribution in [3.63, 3.8) is 0 Å². The van der Waals surface area contributed by atoms with Crippen LogP contribution in [0, 0.1) is 17.2 Å². The minimum Gasteiger partial charge on any atom is -0.496 e. The van der Waals surface area contributed by atoms with E-state index in [0.29, 0.717) is 34.6 Å². The minimum atomic E-state index is -0.0957. The Balaban J connectivity index is 1.66. The number of hydrogen-bond acceptors (Lipinski definition) is 4. The van der Waals surface area contributed by atoms with Gasteiger partial charge in [0.2, 0.25) is 0 Å². The number of fused-ring (bicyclic) bond motifs is 1. The fourth-order valence-electron chi connectivity index (χ4n) is 3.67. The first-order valence-electron chi connectivity index (χ1n) is 9.39. The van der Waals surface area contributed by atoms with Crippen LogP contribution in [-0.4, -0.2) is 26.6 Å². The lowest BCUT2D eigenvalue weighted by molar-refractivity contribution is -0.885. The Morgan fingerprint density at radius 2 is 2.29 bits per heavy atom. The Morgan fingerprint density at radius 3 is 3.00 bits per heavy atom. The lowest BCUT2D eigenvalue weighted by Crippen LogP contribution is -3.08. The van der Waals surface area contributed by atoms with E-state index in [9.17, 15) is 10.1 Å². The van der Waals surface area contributed by atoms with Crippen LogP contribution in [-0.2, 0) is 24.2 Å². The predicted octanol–water partition coefficient (Wildman–Crippen LogP) is 3.06. The molecule has 0 fully saturated rings. The Hall–Kier alpha value is -2.07. The van der Waals surface area contributed by atoms with Crippen molar-refractivity contribution >= 4 is 33.8 Å². The SMILES string of the molecule is COc1ccc(Cl)cc1C[NH+](C)CC(=O)Nc1sc2c(c1C#N)CC[C@H](C)C2. The number of carbonyl (C=O) groups excluding carboxylic acids is 1. The maximum Gasteiger partial charge on any atom is 0.280 e. The highest BCUT2D eigenvalue weighted by molar-refractivity contribution is 7.16. The third-order valence-corrected chi connectivity index (χ3v) is 6.48. The summed E-state index contributed by atoms with van der Waals surface area (Å²) in [5.41, 5.74) is 2.73. The number of anilines is 1. The zero-order valence-electron chi connectivity index (χ0n) is 16.4. The number of carbonyl (C=O) groups is 1. The summed E-state index contributed by atoms with van der Waals surface area (Å²) in [6.45, 7) is 3.13. The van der Waals surface area contributed by atoms with Crippen molar-refractivity contribution in [2.45, 2.75) is 32.7 Å². The van der Waals surface area contributed by atoms with Gasteiger partial charge in [0.15, 0.2) is 6.54 Å². The zero-order chi connectivity index (χ0) is 20.3. The number of likely N-dealkylation sites (N-methyl/N-ethyl adjacent to an activating group) is 1. The number of rotatable bonds is 6. The van der Waals surface area contributed by atoms with Gasteiger partial charge in [0, 0.05) is 15.5 Å². The van der Waals surface area contributed by atoms with Gasteiger partial charge in [-0.15, -0.1) is 11.3 Å². The first-order chi connectivity index (χ1) is 13.4. The summed E-state index contributed by atoms with van der Waals surface area (Å²) in [7, 11) is 3.57. The standard InChI is InChI=1S/C21H24ClN3O2S/c1-13-4-6-16-17(10-23)21(28-19(16)8-13)24-20(26)12-25(2)11-14-9-15(22)5-7-18(14)27-3/h5,7,9,13H,4,6,8,11-12H2,1-3H3,(H,24,26)/p+1/t13-/m0/s1. The Morgan fingerprint density at radius 1 is 1.50 bits per heavy atom. The van der Waals surface area contributed by atoms with Crippen molar-refractivity contribution in [1.29, 1.82) is 5.26 Å². The number of halogens is 1. The fraction of sp³-hybridized carbons (Fsp3) is 0.429. The second-order valence-electron chi connectivity index (χ2n) is 7.48. The smallest absolute Gasteiger partial charge is 0.280 e. The molecule has 2 N–H and O–H groups in total. The third kappa shape index (κ3) is 4.67. The molecule has 5 nitrogen and oxygen atoms in total. The molecule has 148 valence electrons. The van der Waals surface area contributed by atoms with Crippen molar-refractivity contribution in [2.75, 3.05) is 26.0 Å². The number of amides is 1. The predicted molar refractivity (Wildman–Crippen MR) is 112 cm³/mol. The molecule has 1 unspecified atom stereocenters. The van der Waals surface area contributed by atoms with Gasteiger partial charge in [-0.1, -0.05) is 18.5 Å². The first kappa shape index (κ1) is 20.7. The maximum absolute atomic E-state index is 12.6. The van der Waals surface area contributed by atoms with Crippen LogP contribution >= 0.6 is 22.9 Å². The zero-order valence-corrected chi connectivity index (χ0v) is 18.0. The van der Waals surface area contributed by atoms with Crippen LogP contribution in [0.5, 0.6) is 5.75 Å². The van der Waals surface area contributed by atoms with Crippen LogP contribution in [0.25, 0.3) is 0 Å². The summed E-state index contributed by atoms with van der Waals surface area (Å²) in [5, 5.41) is 13.9. The Kier molecular flexibility index (Phi) is 6.61. The van der Waals surface area contributed by atoms with E-state index in [4.69, 9.17) is 16.3 Å². The van der Waals surface area contributed by atoms with E-state index in [-0.39, 0.29) is 5.91 Å². The molecule has 1 heterocycles. The maximum atomic E-state index is 12.6. The molecule has 1 aliphatic carbocycles. The van der Waals surface area contributed by atoms with Crippen molar-refractivity contribution in [2.24, 2.45) is 5.92 Å². The summed E-state index contributed by atoms with van der Waals surface area (Å²) in [6, 6.07) is 7.78. The number of hydrogen-bond donors (Lipinski definition) is 2. The van der Waals surface area contributed by atoms with Gasteiger partial charge in [-0.25, -0.2) is 0 Å². The number of benzene rings is 1. The second-order valence-corrected chi connectivity index (χ2v) is 9.02. The minimum absolute atomic E-state index is 0.0957. The van der Waals surface area contributed by atoms with Crippen molar-refractivity contribution < 1.29 is 14.4 Å². The van der Waals surface area contributed by atoms with Crippen molar-refractivity contribution in [1.82, 2.24) is 0 Å². The van der Waals surface area contributed by atoms with E-state index in [1.54, 1.807) is 24.5 Å². The molecule has 2 aromatic rings. The van der Waals surface area contributed by atoms with Crippen LogP contribution in [0.15, 0.2) is 18.2 Å². The molecule has 0 saturated heterocycles. The summed E-state index contributed by atoms with van der Waals surface area (Å²) >= 11 is 7.65. The number of nitrogens with zero attached hydrogens (tertiary/aromatic N) is 1. The molecule has 0 bridgehead atoms. The second kappa shape index (κ2) is 8.95. The third-order valence-electron chi connectivity index (χ3n) is 5.07. The van der Waals surface area contributed by atoms with Crippen LogP contribution in [0.1, 0.15) is 34.9 Å². The van der Waals surface area contributed by atoms with Gasteiger partial charge < -0.3 is 15.0 Å². The molecule has 3 rings (SSSR count). The van der Waals surface area contributed by atoms with Gasteiger partial charge in [0.25, 0.3) is 5.91 Å². The number of nitriles is 1. The molecule has 28 heavy (non-hydrogen) atoms. The quantitative estimate of drug-likeness (QED) is 0.757. The molecular weight excluding hydrogens is 394 g/mol. The molecule has 2 atom stereocenters. The first-order valence-corrected chi connectivity index (χ1v) is 10.6. The van der Waals surface area contributed by atoms with E-state index in [2.05, 4.69) is 18.3 Å². The molecule has 1 aliphatic rings. The molecule has 0 spiro atoms. The largest absolute Gasteiger partial charge is 0.496 e. The van der Waals surface area contributed by atoms with Crippen LogP contribution in [0.4, 0.5) is 5.00 Å². The summed E-state index contributed by atoms with van der Waals surface area (Å²) in [5.74, 6) is 1.29. The molecule has 0 radical (unpaired) electrons. The molecule has 1 aromatic heterocycles. The highest BCUT2D eigenvalue weighted by atomic mass is 35.5. The van der Waals surface area contributed by atoms with E-state index in [1.807, 2.05) is 19.2 Å². The van der Waals surface area contributed by atoms with E-state index < -0.39 is 0 Å². The average Bonchev–Trinajstić information content (AvgIpc) is 2.97. The van der Waals surface area contributed by atoms with E-state index in [1.165, 1.54) is 4.88 Å². The van der Waals surface area contributed by atoms with E-state index in [0.717, 1.165) is 41.0 Å². The summed E-state index contributed by atoms with van der Waals surface area (Å²) in [6.07, 6.45) is 3.01. The molecule has 7 heteroatoms. The number of nitrogens with one attached hydrogen (secondary N) is 2. The number of thiophene rings is 1. The number of quaternary nitrogens is 1. The monoisotopic (exact) mass is 418 g/mol. The fourth-order valence-corrected chi connectivity index (χ4v) is 5.25. The van der Waals surface area contributed by atoms with Gasteiger partial charge in [0.05, 0.1) is 19.7 Å². The molecule has 0 aliphatic heterocycles. The summed E-state index contributed by atoms with van der Waals surface area (Å²) < 4.78 is 5.38. The highest BCUT2D eigenvalue weighted by Crippen LogP contribution is 2.39. The average molecular weight is 419 g/mol. The van der Waals surface area contributed by atoms with Gasteiger partial charge >= 0.3 is 0 Å². The van der Waals surface area contributed by atoms with Crippen LogP contribution in [0.3, 0.4) is 0 Å². The van der Waals surface area contributed by atoms with E-state index >= 15 is 0 Å². The topological polar surface area (TPSA) is 66.6 Å². The molecule has 1 amide bonds. The van der Waals surface area contributed by atoms with Gasteiger partial charge in [-0.2, -0.15) is 5.26 Å². The lowest BCUT2D eigenvalue weighted by Gasteiger charge is -2.17. The number of methoxy groups -OCH3 is 1. The Labute approximate surface area is 174 Å². The Bertz CT molecular complexity index is 919. The lowest BCUT2D eigenvalue weighted by atomic mass is 9.89. The normalized spacial score (nSPS) is 16.8. The van der Waals surface area contributed by atoms with Gasteiger partial charge in [-0.3, -0.25) is 4.79 Å². The molecule has 1 aromatic carbocycles. The van der Waals surface area contributed by atoms with Crippen molar-refractivity contribution in [3.8, 4) is 11.8 Å². The molecule has 0 saturated carbocycles.